The Bertz CT molecular complexity index is 420. The normalized spacial score (nSPS) is 12.2. The van der Waals surface area contributed by atoms with Crippen LogP contribution in [0.4, 0.5) is 0 Å². The lowest BCUT2D eigenvalue weighted by atomic mass is 10.0. The van der Waals surface area contributed by atoms with Crippen LogP contribution in [0.1, 0.15) is 26.7 Å². The van der Waals surface area contributed by atoms with Crippen LogP contribution < -0.4 is 10.1 Å². The maximum absolute atomic E-state index is 11.6. The molecule has 5 heteroatoms. The number of carbonyl (C=O) groups excluding carboxylic acids is 1. The quantitative estimate of drug-likeness (QED) is 0.561. The first-order valence-corrected chi connectivity index (χ1v) is 7.60. The summed E-state index contributed by atoms with van der Waals surface area (Å²) >= 11 is 5.81. The van der Waals surface area contributed by atoms with E-state index in [4.69, 9.17) is 21.1 Å². The van der Waals surface area contributed by atoms with Crippen molar-refractivity contribution in [3.05, 3.63) is 29.3 Å². The van der Waals surface area contributed by atoms with Gasteiger partial charge in [-0.25, -0.2) is 0 Å². The fraction of sp³-hybridized carbons (Fsp3) is 0.562. The molecule has 0 amide bonds. The highest BCUT2D eigenvalue weighted by Crippen LogP contribution is 2.15. The molecule has 0 spiro atoms. The van der Waals surface area contributed by atoms with Gasteiger partial charge in [-0.2, -0.15) is 0 Å². The summed E-state index contributed by atoms with van der Waals surface area (Å²) in [7, 11) is 1.42. The van der Waals surface area contributed by atoms with Crippen molar-refractivity contribution in [3.63, 3.8) is 0 Å². The van der Waals surface area contributed by atoms with Crippen molar-refractivity contribution < 1.29 is 14.3 Å². The second-order valence-electron chi connectivity index (χ2n) is 5.32. The minimum absolute atomic E-state index is 0.206. The number of nitrogens with one attached hydrogen (secondary N) is 1. The molecular weight excluding hydrogens is 290 g/mol. The largest absolute Gasteiger partial charge is 0.494 e. The van der Waals surface area contributed by atoms with Gasteiger partial charge < -0.3 is 14.8 Å². The average molecular weight is 314 g/mol. The minimum Gasteiger partial charge on any atom is -0.494 e. The first-order valence-electron chi connectivity index (χ1n) is 7.22. The maximum atomic E-state index is 11.6. The molecule has 0 heterocycles. The van der Waals surface area contributed by atoms with E-state index in [2.05, 4.69) is 19.2 Å². The van der Waals surface area contributed by atoms with Crippen molar-refractivity contribution in [1.29, 1.82) is 0 Å². The molecule has 1 N–H and O–H groups in total. The van der Waals surface area contributed by atoms with Gasteiger partial charge in [0.05, 0.1) is 13.7 Å². The monoisotopic (exact) mass is 313 g/mol. The molecule has 0 aliphatic heterocycles. The smallest absolute Gasteiger partial charge is 0.322 e. The molecule has 0 fully saturated rings. The summed E-state index contributed by atoms with van der Waals surface area (Å²) in [6, 6.07) is 7.03. The van der Waals surface area contributed by atoms with Crippen molar-refractivity contribution >= 4 is 17.6 Å². The lowest BCUT2D eigenvalue weighted by Crippen LogP contribution is -2.39. The highest BCUT2D eigenvalue weighted by Gasteiger charge is 2.19. The van der Waals surface area contributed by atoms with Gasteiger partial charge in [0, 0.05) is 5.02 Å². The van der Waals surface area contributed by atoms with Gasteiger partial charge in [-0.05, 0) is 49.6 Å². The van der Waals surface area contributed by atoms with Crippen molar-refractivity contribution in [2.45, 2.75) is 32.7 Å². The summed E-state index contributed by atoms with van der Waals surface area (Å²) in [5, 5.41) is 3.91. The van der Waals surface area contributed by atoms with Gasteiger partial charge in [0.1, 0.15) is 11.8 Å². The van der Waals surface area contributed by atoms with E-state index in [-0.39, 0.29) is 12.0 Å². The Morgan fingerprint density at radius 3 is 2.52 bits per heavy atom. The van der Waals surface area contributed by atoms with E-state index in [1.165, 1.54) is 7.11 Å². The number of carbonyl (C=O) groups is 1. The number of hydrogen-bond acceptors (Lipinski definition) is 4. The molecular formula is C16H24ClNO3. The van der Waals surface area contributed by atoms with E-state index >= 15 is 0 Å². The summed E-state index contributed by atoms with van der Waals surface area (Å²) in [6.45, 7) is 5.47. The third kappa shape index (κ3) is 7.34. The van der Waals surface area contributed by atoms with E-state index < -0.39 is 0 Å². The molecule has 21 heavy (non-hydrogen) atoms. The molecule has 1 atom stereocenters. The second-order valence-corrected chi connectivity index (χ2v) is 5.75. The van der Waals surface area contributed by atoms with Crippen LogP contribution in [0.3, 0.4) is 0 Å². The predicted octanol–water partition coefficient (Wildman–Crippen LogP) is 3.29. The molecule has 0 aromatic heterocycles. The highest BCUT2D eigenvalue weighted by atomic mass is 35.5. The van der Waals surface area contributed by atoms with Crippen LogP contribution in [0.2, 0.25) is 5.02 Å². The van der Waals surface area contributed by atoms with Crippen LogP contribution >= 0.6 is 11.6 Å². The predicted molar refractivity (Wildman–Crippen MR) is 84.8 cm³/mol. The Hall–Kier alpha value is -1.26. The van der Waals surface area contributed by atoms with Crippen molar-refractivity contribution in [3.8, 4) is 5.75 Å². The van der Waals surface area contributed by atoms with Gasteiger partial charge in [-0.3, -0.25) is 4.79 Å². The number of rotatable bonds is 9. The summed E-state index contributed by atoms with van der Waals surface area (Å²) in [5.41, 5.74) is 0. The van der Waals surface area contributed by atoms with E-state index in [9.17, 15) is 4.79 Å². The fourth-order valence-corrected chi connectivity index (χ4v) is 2.07. The second kappa shape index (κ2) is 9.64. The van der Waals surface area contributed by atoms with Crippen LogP contribution in [0.5, 0.6) is 5.75 Å². The standard InChI is InChI=1S/C16H24ClNO3/c1-12(2)11-15(16(19)20-3)18-9-4-10-21-14-7-5-13(17)6-8-14/h5-8,12,15,18H,4,9-11H2,1-3H3. The molecule has 0 bridgehead atoms. The SMILES string of the molecule is COC(=O)C(CC(C)C)NCCCOc1ccc(Cl)cc1. The third-order valence-corrected chi connectivity index (χ3v) is 3.24. The van der Waals surface area contributed by atoms with Gasteiger partial charge >= 0.3 is 5.97 Å². The highest BCUT2D eigenvalue weighted by molar-refractivity contribution is 6.30. The van der Waals surface area contributed by atoms with Crippen LogP contribution in [-0.2, 0) is 9.53 Å². The molecule has 1 rings (SSSR count). The first kappa shape index (κ1) is 17.8. The van der Waals surface area contributed by atoms with Gasteiger partial charge in [0.25, 0.3) is 0 Å². The minimum atomic E-state index is -0.245. The maximum Gasteiger partial charge on any atom is 0.322 e. The van der Waals surface area contributed by atoms with Crippen LogP contribution in [0.25, 0.3) is 0 Å². The third-order valence-electron chi connectivity index (χ3n) is 2.99. The molecule has 0 aliphatic rings. The molecule has 1 aromatic rings. The summed E-state index contributed by atoms with van der Waals surface area (Å²) in [6.07, 6.45) is 1.58. The number of benzene rings is 1. The molecule has 0 aliphatic carbocycles. The number of esters is 1. The Balaban J connectivity index is 2.24. The van der Waals surface area contributed by atoms with Crippen LogP contribution in [0, 0.1) is 5.92 Å². The molecule has 0 saturated heterocycles. The Morgan fingerprint density at radius 2 is 1.95 bits per heavy atom. The van der Waals surface area contributed by atoms with Gasteiger partial charge in [-0.15, -0.1) is 0 Å². The zero-order valence-electron chi connectivity index (χ0n) is 12.9. The molecule has 1 aromatic carbocycles. The Kier molecular flexibility index (Phi) is 8.16. The van der Waals surface area contributed by atoms with Crippen molar-refractivity contribution in [2.24, 2.45) is 5.92 Å². The molecule has 118 valence electrons. The average Bonchev–Trinajstić information content (AvgIpc) is 2.46. The van der Waals surface area contributed by atoms with E-state index in [1.807, 2.05) is 12.1 Å². The van der Waals surface area contributed by atoms with Crippen LogP contribution in [-0.4, -0.2) is 32.3 Å². The summed E-state index contributed by atoms with van der Waals surface area (Å²) in [5.74, 6) is 1.03. The number of hydrogen-bond donors (Lipinski definition) is 1. The fourth-order valence-electron chi connectivity index (χ4n) is 1.95. The zero-order chi connectivity index (χ0) is 15.7. The van der Waals surface area contributed by atoms with Gasteiger partial charge in [-0.1, -0.05) is 25.4 Å². The molecule has 1 unspecified atom stereocenters. The van der Waals surface area contributed by atoms with Gasteiger partial charge in [0.15, 0.2) is 0 Å². The van der Waals surface area contributed by atoms with Gasteiger partial charge in [0.2, 0.25) is 0 Å². The lowest BCUT2D eigenvalue weighted by Gasteiger charge is -2.18. The summed E-state index contributed by atoms with van der Waals surface area (Å²) < 4.78 is 10.4. The van der Waals surface area contributed by atoms with Crippen LogP contribution in [0.15, 0.2) is 24.3 Å². The Morgan fingerprint density at radius 1 is 1.29 bits per heavy atom. The number of methoxy groups -OCH3 is 1. The van der Waals surface area contributed by atoms with E-state index in [1.54, 1.807) is 12.1 Å². The van der Waals surface area contributed by atoms with Crippen molar-refractivity contribution in [1.82, 2.24) is 5.32 Å². The first-order chi connectivity index (χ1) is 10.0. The molecule has 4 nitrogen and oxygen atoms in total. The number of halogens is 1. The van der Waals surface area contributed by atoms with Crippen molar-refractivity contribution in [2.75, 3.05) is 20.3 Å². The molecule has 0 radical (unpaired) electrons. The summed E-state index contributed by atoms with van der Waals surface area (Å²) in [4.78, 5) is 11.6. The number of ether oxygens (including phenoxy) is 2. The lowest BCUT2D eigenvalue weighted by molar-refractivity contribution is -0.143. The molecule has 0 saturated carbocycles. The topological polar surface area (TPSA) is 47.6 Å². The zero-order valence-corrected chi connectivity index (χ0v) is 13.7. The Labute approximate surface area is 131 Å². The van der Waals surface area contributed by atoms with E-state index in [0.29, 0.717) is 24.1 Å². The van der Waals surface area contributed by atoms with E-state index in [0.717, 1.165) is 18.6 Å².